The zero-order chi connectivity index (χ0) is 18.5. The van der Waals surface area contributed by atoms with Gasteiger partial charge in [0.05, 0.1) is 23.8 Å². The largest absolute Gasteiger partial charge is 0.261 e. The summed E-state index contributed by atoms with van der Waals surface area (Å²) in [5.41, 5.74) is 7.38. The fourth-order valence-corrected chi connectivity index (χ4v) is 3.04. The summed E-state index contributed by atoms with van der Waals surface area (Å²) in [4.78, 5) is 17.0. The van der Waals surface area contributed by atoms with Crippen molar-refractivity contribution in [2.45, 2.75) is 6.92 Å². The molecule has 0 fully saturated rings. The fraction of sp³-hybridized carbons (Fsp3) is 0.0435. The van der Waals surface area contributed by atoms with Crippen LogP contribution in [0, 0.1) is 0 Å². The second-order valence-corrected chi connectivity index (χ2v) is 6.04. The first kappa shape index (κ1) is 16.8. The molecule has 0 N–H and O–H groups in total. The van der Waals surface area contributed by atoms with Gasteiger partial charge in [-0.1, -0.05) is 54.6 Å². The third-order valence-electron chi connectivity index (χ3n) is 4.40. The number of allylic oxidation sites excluding steroid dienone is 1. The third kappa shape index (κ3) is 3.65. The first-order chi connectivity index (χ1) is 13.3. The highest BCUT2D eigenvalue weighted by Gasteiger charge is 2.07. The molecular formula is C23H18N4. The zero-order valence-electron chi connectivity index (χ0n) is 14.9. The molecule has 4 rings (SSSR count). The Labute approximate surface area is 158 Å². The molecule has 0 bridgehead atoms. The van der Waals surface area contributed by atoms with E-state index < -0.39 is 0 Å². The van der Waals surface area contributed by atoms with E-state index >= 15 is 0 Å². The Morgan fingerprint density at radius 3 is 1.41 bits per heavy atom. The van der Waals surface area contributed by atoms with Crippen LogP contribution in [0.25, 0.3) is 28.1 Å². The van der Waals surface area contributed by atoms with Crippen LogP contribution in [0.2, 0.25) is 0 Å². The van der Waals surface area contributed by atoms with E-state index in [2.05, 4.69) is 81.5 Å². The number of benzene rings is 2. The van der Waals surface area contributed by atoms with Crippen LogP contribution in [0.15, 0.2) is 91.8 Å². The van der Waals surface area contributed by atoms with Gasteiger partial charge >= 0.3 is 0 Å². The summed E-state index contributed by atoms with van der Waals surface area (Å²) in [5.74, 6) is 0. The predicted octanol–water partition coefficient (Wildman–Crippen LogP) is 5.05. The normalized spacial score (nSPS) is 10.4. The maximum atomic E-state index is 4.35. The van der Waals surface area contributed by atoms with E-state index in [-0.39, 0.29) is 0 Å². The molecule has 2 heterocycles. The molecule has 2 aromatic carbocycles. The Morgan fingerprint density at radius 2 is 1.07 bits per heavy atom. The number of hydrogen-bond donors (Lipinski definition) is 0. The van der Waals surface area contributed by atoms with Crippen molar-refractivity contribution in [3.8, 4) is 22.5 Å². The van der Waals surface area contributed by atoms with Crippen molar-refractivity contribution in [1.82, 2.24) is 19.9 Å². The van der Waals surface area contributed by atoms with Gasteiger partial charge in [-0.15, -0.1) is 0 Å². The Balaban J connectivity index is 1.61. The number of hydrogen-bond acceptors (Lipinski definition) is 4. The van der Waals surface area contributed by atoms with Crippen molar-refractivity contribution in [3.63, 3.8) is 0 Å². The monoisotopic (exact) mass is 350 g/mol. The van der Waals surface area contributed by atoms with Crippen molar-refractivity contribution in [2.75, 3.05) is 0 Å². The molecule has 0 unspecified atom stereocenters. The molecule has 2 aromatic heterocycles. The summed E-state index contributed by atoms with van der Waals surface area (Å²) in [7, 11) is 0. The van der Waals surface area contributed by atoms with Gasteiger partial charge in [0, 0.05) is 35.9 Å². The van der Waals surface area contributed by atoms with Crippen LogP contribution in [0.5, 0.6) is 0 Å². The van der Waals surface area contributed by atoms with Crippen LogP contribution in [0.1, 0.15) is 18.1 Å². The molecule has 4 nitrogen and oxygen atoms in total. The van der Waals surface area contributed by atoms with Crippen molar-refractivity contribution >= 4 is 5.57 Å². The minimum absolute atomic E-state index is 0.874. The van der Waals surface area contributed by atoms with Gasteiger partial charge in [-0.25, -0.2) is 0 Å². The maximum Gasteiger partial charge on any atom is 0.0885 e. The number of aromatic nitrogens is 4. The lowest BCUT2D eigenvalue weighted by molar-refractivity contribution is 1.20. The standard InChI is InChI=1S/C23H18N4/c1-2-21(17-3-7-19(8-4-17)22-15-24-11-13-26-22)18-5-9-20(10-6-18)23-16-25-12-14-27-23/h2-16H,1H3. The van der Waals surface area contributed by atoms with E-state index in [1.165, 1.54) is 5.57 Å². The highest BCUT2D eigenvalue weighted by molar-refractivity contribution is 5.81. The molecule has 0 amide bonds. The summed E-state index contributed by atoms with van der Waals surface area (Å²) in [6.45, 7) is 2.06. The maximum absolute atomic E-state index is 4.35. The first-order valence-electron chi connectivity index (χ1n) is 8.75. The second kappa shape index (κ2) is 7.70. The molecule has 0 saturated heterocycles. The molecule has 130 valence electrons. The topological polar surface area (TPSA) is 51.6 Å². The molecule has 0 aliphatic rings. The van der Waals surface area contributed by atoms with Gasteiger partial charge in [0.15, 0.2) is 0 Å². The molecule has 0 saturated carbocycles. The van der Waals surface area contributed by atoms with Crippen molar-refractivity contribution in [1.29, 1.82) is 0 Å². The van der Waals surface area contributed by atoms with Crippen LogP contribution in [-0.2, 0) is 0 Å². The Morgan fingerprint density at radius 1 is 0.630 bits per heavy atom. The minimum Gasteiger partial charge on any atom is -0.261 e. The second-order valence-electron chi connectivity index (χ2n) is 6.04. The van der Waals surface area contributed by atoms with Gasteiger partial charge < -0.3 is 0 Å². The molecule has 27 heavy (non-hydrogen) atoms. The van der Waals surface area contributed by atoms with Crippen molar-refractivity contribution in [2.24, 2.45) is 0 Å². The lowest BCUT2D eigenvalue weighted by Crippen LogP contribution is -1.90. The molecule has 0 aliphatic carbocycles. The van der Waals surface area contributed by atoms with Gasteiger partial charge in [-0.05, 0) is 23.6 Å². The quantitative estimate of drug-likeness (QED) is 0.517. The van der Waals surface area contributed by atoms with Gasteiger partial charge in [0.25, 0.3) is 0 Å². The average Bonchev–Trinajstić information content (AvgIpc) is 2.76. The Hall–Kier alpha value is -3.66. The molecule has 0 atom stereocenters. The van der Waals surface area contributed by atoms with E-state index in [1.54, 1.807) is 37.2 Å². The summed E-state index contributed by atoms with van der Waals surface area (Å²) < 4.78 is 0. The molecule has 4 aromatic rings. The summed E-state index contributed by atoms with van der Waals surface area (Å²) in [6.07, 6.45) is 12.5. The molecule has 0 spiro atoms. The lowest BCUT2D eigenvalue weighted by atomic mass is 9.95. The smallest absolute Gasteiger partial charge is 0.0885 e. The number of nitrogens with zero attached hydrogens (tertiary/aromatic N) is 4. The van der Waals surface area contributed by atoms with Crippen LogP contribution >= 0.6 is 0 Å². The summed E-state index contributed by atoms with van der Waals surface area (Å²) >= 11 is 0. The highest BCUT2D eigenvalue weighted by Crippen LogP contribution is 2.27. The van der Waals surface area contributed by atoms with E-state index in [1.807, 2.05) is 0 Å². The van der Waals surface area contributed by atoms with Crippen molar-refractivity contribution < 1.29 is 0 Å². The van der Waals surface area contributed by atoms with E-state index in [0.29, 0.717) is 0 Å². The van der Waals surface area contributed by atoms with Crippen LogP contribution in [-0.4, -0.2) is 19.9 Å². The minimum atomic E-state index is 0.874. The number of rotatable bonds is 4. The summed E-state index contributed by atoms with van der Waals surface area (Å²) in [5, 5.41) is 0. The SMILES string of the molecule is CC=C(c1ccc(-c2cnccn2)cc1)c1ccc(-c2cnccn2)cc1. The van der Waals surface area contributed by atoms with Gasteiger partial charge in [0.1, 0.15) is 0 Å². The Kier molecular flexibility index (Phi) is 4.79. The van der Waals surface area contributed by atoms with Crippen LogP contribution in [0.4, 0.5) is 0 Å². The third-order valence-corrected chi connectivity index (χ3v) is 4.40. The first-order valence-corrected chi connectivity index (χ1v) is 8.75. The lowest BCUT2D eigenvalue weighted by Gasteiger charge is -2.10. The van der Waals surface area contributed by atoms with Crippen LogP contribution < -0.4 is 0 Å². The highest BCUT2D eigenvalue weighted by atomic mass is 14.8. The predicted molar refractivity (Wildman–Crippen MR) is 108 cm³/mol. The van der Waals surface area contributed by atoms with Gasteiger partial charge in [-0.2, -0.15) is 0 Å². The van der Waals surface area contributed by atoms with E-state index in [0.717, 1.165) is 33.6 Å². The van der Waals surface area contributed by atoms with Crippen LogP contribution in [0.3, 0.4) is 0 Å². The van der Waals surface area contributed by atoms with Gasteiger partial charge in [-0.3, -0.25) is 19.9 Å². The zero-order valence-corrected chi connectivity index (χ0v) is 14.9. The molecule has 0 radical (unpaired) electrons. The van der Waals surface area contributed by atoms with E-state index in [9.17, 15) is 0 Å². The summed E-state index contributed by atoms with van der Waals surface area (Å²) in [6, 6.07) is 16.8. The average molecular weight is 350 g/mol. The van der Waals surface area contributed by atoms with Gasteiger partial charge in [0.2, 0.25) is 0 Å². The fourth-order valence-electron chi connectivity index (χ4n) is 3.04. The molecular weight excluding hydrogens is 332 g/mol. The van der Waals surface area contributed by atoms with Crippen molar-refractivity contribution in [3.05, 3.63) is 103 Å². The van der Waals surface area contributed by atoms with E-state index in [4.69, 9.17) is 0 Å². The Bertz CT molecular complexity index is 954. The molecule has 0 aliphatic heterocycles. The molecule has 4 heteroatoms.